The van der Waals surface area contributed by atoms with E-state index in [1.807, 2.05) is 36.4 Å². The molecule has 4 aromatic rings. The summed E-state index contributed by atoms with van der Waals surface area (Å²) in [5.41, 5.74) is 10.8. The predicted molar refractivity (Wildman–Crippen MR) is 217 cm³/mol. The second kappa shape index (κ2) is 18.8. The molecule has 2 saturated heterocycles. The molecule has 0 radical (unpaired) electrons. The Bertz CT molecular complexity index is 2220. The normalized spacial score (nSPS) is 17.1. The maximum atomic E-state index is 13.2. The van der Waals surface area contributed by atoms with Crippen LogP contribution in [0, 0.1) is 0 Å². The highest BCUT2D eigenvalue weighted by molar-refractivity contribution is 7.80. The SMILES string of the molecule is NC(=S)c1cccc(-c2cn(C3CCOCC3)c3cc(NC(=O)CCOCCOCCOCCOc4cccc5c4C(=O)N(C4CCC(=O)NC4=O)C5=O)ccc23)c1. The molecule has 7 rings (SSSR count). The number of nitrogens with zero attached hydrogens (tertiary/aromatic N) is 2. The van der Waals surface area contributed by atoms with Crippen LogP contribution in [0.1, 0.15) is 64.4 Å². The van der Waals surface area contributed by atoms with Crippen molar-refractivity contribution in [1.82, 2.24) is 14.8 Å². The highest BCUT2D eigenvalue weighted by atomic mass is 32.1. The van der Waals surface area contributed by atoms with E-state index in [2.05, 4.69) is 27.5 Å². The van der Waals surface area contributed by atoms with E-state index < -0.39 is 29.7 Å². The Morgan fingerprint density at radius 1 is 0.845 bits per heavy atom. The summed E-state index contributed by atoms with van der Waals surface area (Å²) in [6, 6.07) is 17.8. The third-order valence-corrected chi connectivity index (χ3v) is 10.5. The maximum absolute atomic E-state index is 13.2. The minimum absolute atomic E-state index is 0.0401. The summed E-state index contributed by atoms with van der Waals surface area (Å²) in [5.74, 6) is -2.29. The number of nitrogens with one attached hydrogen (secondary N) is 2. The van der Waals surface area contributed by atoms with Crippen molar-refractivity contribution in [3.63, 3.8) is 0 Å². The minimum Gasteiger partial charge on any atom is -0.490 e. The van der Waals surface area contributed by atoms with E-state index in [0.29, 0.717) is 43.7 Å². The van der Waals surface area contributed by atoms with Gasteiger partial charge >= 0.3 is 0 Å². The maximum Gasteiger partial charge on any atom is 0.266 e. The Labute approximate surface area is 340 Å². The van der Waals surface area contributed by atoms with Crippen molar-refractivity contribution in [1.29, 1.82) is 0 Å². The summed E-state index contributed by atoms with van der Waals surface area (Å²) in [6.07, 6.45) is 4.27. The lowest BCUT2D eigenvalue weighted by atomic mass is 10.0. The number of hydrogen-bond acceptors (Lipinski definition) is 11. The Kier molecular flexibility index (Phi) is 13.2. The largest absolute Gasteiger partial charge is 0.490 e. The van der Waals surface area contributed by atoms with Gasteiger partial charge in [0.2, 0.25) is 17.7 Å². The van der Waals surface area contributed by atoms with Gasteiger partial charge in [-0.3, -0.25) is 34.2 Å². The van der Waals surface area contributed by atoms with Gasteiger partial charge < -0.3 is 39.3 Å². The van der Waals surface area contributed by atoms with Gasteiger partial charge in [0.05, 0.1) is 62.7 Å². The highest BCUT2D eigenvalue weighted by Gasteiger charge is 2.46. The number of anilines is 1. The Morgan fingerprint density at radius 3 is 2.31 bits per heavy atom. The number of carbonyl (C=O) groups is 5. The first kappa shape index (κ1) is 40.7. The third kappa shape index (κ3) is 9.27. The van der Waals surface area contributed by atoms with Crippen molar-refractivity contribution < 1.29 is 47.7 Å². The molecule has 1 atom stereocenters. The first-order valence-corrected chi connectivity index (χ1v) is 19.7. The quantitative estimate of drug-likeness (QED) is 0.0741. The van der Waals surface area contributed by atoms with Crippen LogP contribution < -0.4 is 21.1 Å². The lowest BCUT2D eigenvalue weighted by Gasteiger charge is -2.27. The third-order valence-electron chi connectivity index (χ3n) is 10.3. The zero-order valence-corrected chi connectivity index (χ0v) is 32.7. The van der Waals surface area contributed by atoms with Gasteiger partial charge in [-0.15, -0.1) is 0 Å². The first-order valence-electron chi connectivity index (χ1n) is 19.3. The molecule has 0 spiro atoms. The van der Waals surface area contributed by atoms with Crippen molar-refractivity contribution in [3.05, 3.63) is 83.6 Å². The number of rotatable bonds is 18. The fraction of sp³-hybridized carbons (Fsp3) is 0.381. The summed E-state index contributed by atoms with van der Waals surface area (Å²) in [5, 5.41) is 6.26. The average molecular weight is 812 g/mol. The summed E-state index contributed by atoms with van der Waals surface area (Å²) < 4.78 is 30.5. The van der Waals surface area contributed by atoms with E-state index in [-0.39, 0.29) is 74.5 Å². The molecule has 1 unspecified atom stereocenters. The number of aromatic nitrogens is 1. The summed E-state index contributed by atoms with van der Waals surface area (Å²) >= 11 is 5.22. The van der Waals surface area contributed by atoms with E-state index in [1.165, 1.54) is 6.07 Å². The monoisotopic (exact) mass is 811 g/mol. The van der Waals surface area contributed by atoms with Crippen LogP contribution in [-0.2, 0) is 33.3 Å². The van der Waals surface area contributed by atoms with Gasteiger partial charge in [0.25, 0.3) is 11.8 Å². The van der Waals surface area contributed by atoms with Gasteiger partial charge in [-0.25, -0.2) is 0 Å². The van der Waals surface area contributed by atoms with Crippen LogP contribution in [0.2, 0.25) is 0 Å². The predicted octanol–water partition coefficient (Wildman–Crippen LogP) is 4.15. The number of hydrogen-bond donors (Lipinski definition) is 3. The number of carbonyl (C=O) groups excluding carboxylic acids is 5. The fourth-order valence-corrected chi connectivity index (χ4v) is 7.54. The summed E-state index contributed by atoms with van der Waals surface area (Å²) in [6.45, 7) is 3.17. The van der Waals surface area contributed by atoms with Crippen LogP contribution >= 0.6 is 12.2 Å². The Hall–Kier alpha value is -5.52. The molecule has 0 aliphatic carbocycles. The molecule has 4 heterocycles. The number of benzene rings is 3. The first-order chi connectivity index (χ1) is 28.2. The molecular weight excluding hydrogens is 767 g/mol. The van der Waals surface area contributed by atoms with E-state index >= 15 is 0 Å². The second-order valence-electron chi connectivity index (χ2n) is 14.1. The zero-order chi connectivity index (χ0) is 40.6. The number of imide groups is 2. The highest BCUT2D eigenvalue weighted by Crippen LogP contribution is 2.37. The zero-order valence-electron chi connectivity index (χ0n) is 31.9. The van der Waals surface area contributed by atoms with Crippen molar-refractivity contribution in [2.45, 2.75) is 44.2 Å². The molecule has 2 fully saturated rings. The molecule has 15 nitrogen and oxygen atoms in total. The smallest absolute Gasteiger partial charge is 0.266 e. The Balaban J connectivity index is 0.799. The van der Waals surface area contributed by atoms with Crippen LogP contribution in [0.25, 0.3) is 22.0 Å². The molecule has 4 N–H and O–H groups in total. The van der Waals surface area contributed by atoms with Crippen LogP contribution in [0.4, 0.5) is 5.69 Å². The average Bonchev–Trinajstić information content (AvgIpc) is 3.73. The lowest BCUT2D eigenvalue weighted by Crippen LogP contribution is -2.54. The molecular formula is C42H45N5O10S. The number of ether oxygens (including phenoxy) is 5. The molecule has 5 amide bonds. The van der Waals surface area contributed by atoms with Gasteiger partial charge in [0, 0.05) is 54.1 Å². The van der Waals surface area contributed by atoms with Gasteiger partial charge in [-0.1, -0.05) is 42.5 Å². The van der Waals surface area contributed by atoms with Crippen LogP contribution in [0.15, 0.2) is 66.9 Å². The molecule has 3 aliphatic heterocycles. The number of amides is 5. The van der Waals surface area contributed by atoms with E-state index in [1.54, 1.807) is 12.1 Å². The number of fused-ring (bicyclic) bond motifs is 2. The van der Waals surface area contributed by atoms with Gasteiger partial charge in [0.1, 0.15) is 23.4 Å². The van der Waals surface area contributed by atoms with Crippen LogP contribution in [-0.4, -0.2) is 109 Å². The molecule has 304 valence electrons. The summed E-state index contributed by atoms with van der Waals surface area (Å²) in [4.78, 5) is 64.2. The molecule has 0 bridgehead atoms. The van der Waals surface area contributed by atoms with Crippen molar-refractivity contribution in [2.24, 2.45) is 5.73 Å². The minimum atomic E-state index is -1.05. The standard InChI is InChI=1S/C42H45N5O10S/c43-39(58)27-4-1-3-26(23-27)32-25-46(29-11-14-53-15-12-29)34-24-28(7-8-30(32)34)44-37(49)13-16-54-17-18-55-19-20-56-21-22-57-35-6-2-5-31-38(35)42(52)47(41(31)51)33-9-10-36(48)45-40(33)50/h1-8,23-25,29,33H,9-22H2,(H2,43,58)(H,44,49)(H,45,48,50). The van der Waals surface area contributed by atoms with Crippen molar-refractivity contribution in [3.8, 4) is 16.9 Å². The second-order valence-corrected chi connectivity index (χ2v) is 14.5. The molecule has 3 aliphatic rings. The van der Waals surface area contributed by atoms with Gasteiger partial charge in [-0.05, 0) is 55.2 Å². The topological polar surface area (TPSA) is 190 Å². The lowest BCUT2D eigenvalue weighted by molar-refractivity contribution is -0.136. The molecule has 3 aromatic carbocycles. The molecule has 16 heteroatoms. The fourth-order valence-electron chi connectivity index (χ4n) is 7.41. The van der Waals surface area contributed by atoms with Gasteiger partial charge in [0.15, 0.2) is 0 Å². The van der Waals surface area contributed by atoms with Crippen LogP contribution in [0.5, 0.6) is 5.75 Å². The number of thiocarbonyl (C=S) groups is 1. The number of nitrogens with two attached hydrogens (primary N) is 1. The molecule has 58 heavy (non-hydrogen) atoms. The summed E-state index contributed by atoms with van der Waals surface area (Å²) in [7, 11) is 0. The van der Waals surface area contributed by atoms with E-state index in [0.717, 1.165) is 45.3 Å². The van der Waals surface area contributed by atoms with E-state index in [4.69, 9.17) is 41.6 Å². The van der Waals surface area contributed by atoms with Gasteiger partial charge in [-0.2, -0.15) is 0 Å². The van der Waals surface area contributed by atoms with E-state index in [9.17, 15) is 24.0 Å². The van der Waals surface area contributed by atoms with Crippen LogP contribution in [0.3, 0.4) is 0 Å². The number of piperidine rings is 1. The van der Waals surface area contributed by atoms with Crippen molar-refractivity contribution in [2.75, 3.05) is 64.8 Å². The molecule has 1 aromatic heterocycles. The Morgan fingerprint density at radius 2 is 1.57 bits per heavy atom. The molecule has 0 saturated carbocycles. The van der Waals surface area contributed by atoms with Crippen molar-refractivity contribution >= 4 is 63.3 Å².